The monoisotopic (exact) mass is 312 g/mol. The van der Waals surface area contributed by atoms with E-state index in [1.54, 1.807) is 10.9 Å². The fraction of sp³-hybridized carbons (Fsp3) is 0.353. The smallest absolute Gasteiger partial charge is 0.254 e. The minimum atomic E-state index is -0.149. The predicted octanol–water partition coefficient (Wildman–Crippen LogP) is 1.76. The van der Waals surface area contributed by atoms with Crippen molar-refractivity contribution >= 4 is 17.5 Å². The zero-order valence-electron chi connectivity index (χ0n) is 13.1. The highest BCUT2D eigenvalue weighted by atomic mass is 16.2. The summed E-state index contributed by atoms with van der Waals surface area (Å²) in [6.07, 6.45) is 4.13. The number of para-hydroxylation sites is 1. The van der Waals surface area contributed by atoms with Gasteiger partial charge in [0.25, 0.3) is 5.91 Å². The van der Waals surface area contributed by atoms with Gasteiger partial charge >= 0.3 is 0 Å². The van der Waals surface area contributed by atoms with Gasteiger partial charge in [0.05, 0.1) is 11.3 Å². The fourth-order valence-corrected chi connectivity index (χ4v) is 2.76. The highest BCUT2D eigenvalue weighted by Crippen LogP contribution is 2.16. The van der Waals surface area contributed by atoms with Crippen molar-refractivity contribution in [3.8, 4) is 0 Å². The number of rotatable bonds is 4. The third-order valence-electron chi connectivity index (χ3n) is 3.94. The normalized spacial score (nSPS) is 13.9. The predicted molar refractivity (Wildman–Crippen MR) is 87.3 cm³/mol. The van der Waals surface area contributed by atoms with Crippen molar-refractivity contribution in [2.24, 2.45) is 0 Å². The molecule has 2 heterocycles. The average Bonchev–Trinajstić information content (AvgIpc) is 2.86. The van der Waals surface area contributed by atoms with E-state index in [1.165, 1.54) is 0 Å². The number of carbonyl (C=O) groups excluding carboxylic acids is 2. The Morgan fingerprint density at radius 2 is 2.22 bits per heavy atom. The molecule has 0 atom stereocenters. The van der Waals surface area contributed by atoms with Gasteiger partial charge in [0.15, 0.2) is 0 Å². The van der Waals surface area contributed by atoms with E-state index in [1.807, 2.05) is 31.2 Å². The molecule has 1 aromatic heterocycles. The summed E-state index contributed by atoms with van der Waals surface area (Å²) in [5, 5.41) is 10.1. The number of nitrogens with zero attached hydrogens (tertiary/aromatic N) is 2. The molecule has 0 aliphatic carbocycles. The molecule has 0 unspecified atom stereocenters. The van der Waals surface area contributed by atoms with Crippen molar-refractivity contribution in [3.63, 3.8) is 0 Å². The average molecular weight is 312 g/mol. The van der Waals surface area contributed by atoms with E-state index in [4.69, 9.17) is 0 Å². The first-order valence-electron chi connectivity index (χ1n) is 7.89. The van der Waals surface area contributed by atoms with E-state index < -0.39 is 0 Å². The third kappa shape index (κ3) is 3.41. The van der Waals surface area contributed by atoms with Gasteiger partial charge in [-0.05, 0) is 30.9 Å². The molecule has 2 aromatic rings. The Bertz CT molecular complexity index is 736. The first-order chi connectivity index (χ1) is 11.2. The van der Waals surface area contributed by atoms with Gasteiger partial charge in [0.1, 0.15) is 6.54 Å². The number of fused-ring (bicyclic) bond motifs is 1. The number of aromatic nitrogens is 2. The number of carbonyl (C=O) groups is 2. The highest BCUT2D eigenvalue weighted by Gasteiger charge is 2.19. The molecule has 6 nitrogen and oxygen atoms in total. The van der Waals surface area contributed by atoms with Crippen molar-refractivity contribution in [1.82, 2.24) is 15.1 Å². The van der Waals surface area contributed by atoms with Gasteiger partial charge in [0, 0.05) is 18.4 Å². The number of amides is 2. The Morgan fingerprint density at radius 3 is 3.04 bits per heavy atom. The standard InChI is InChI=1S/C17H20N4O2/c1-2-12-6-3-4-7-14(12)19-16(22)11-21-10-13-15(20-21)8-5-9-18-17(13)23/h3-4,6-7,10H,2,5,8-9,11H2,1H3,(H,18,23)(H,19,22). The van der Waals surface area contributed by atoms with Crippen LogP contribution >= 0.6 is 0 Å². The zero-order chi connectivity index (χ0) is 16.2. The van der Waals surface area contributed by atoms with Gasteiger partial charge in [-0.1, -0.05) is 25.1 Å². The Kier molecular flexibility index (Phi) is 4.41. The first kappa shape index (κ1) is 15.3. The maximum absolute atomic E-state index is 12.2. The molecule has 2 amide bonds. The molecular weight excluding hydrogens is 292 g/mol. The molecule has 3 rings (SSSR count). The Hall–Kier alpha value is -2.63. The van der Waals surface area contributed by atoms with Gasteiger partial charge in [-0.3, -0.25) is 14.3 Å². The Balaban J connectivity index is 1.71. The molecule has 1 aliphatic rings. The summed E-state index contributed by atoms with van der Waals surface area (Å²) >= 11 is 0. The summed E-state index contributed by atoms with van der Waals surface area (Å²) in [5.41, 5.74) is 3.26. The summed E-state index contributed by atoms with van der Waals surface area (Å²) in [4.78, 5) is 24.2. The minimum Gasteiger partial charge on any atom is -0.352 e. The van der Waals surface area contributed by atoms with Crippen LogP contribution in [0.25, 0.3) is 0 Å². The molecule has 0 saturated carbocycles. The van der Waals surface area contributed by atoms with Crippen LogP contribution in [0.5, 0.6) is 0 Å². The Morgan fingerprint density at radius 1 is 1.39 bits per heavy atom. The summed E-state index contributed by atoms with van der Waals surface area (Å²) < 4.78 is 1.54. The fourth-order valence-electron chi connectivity index (χ4n) is 2.76. The van der Waals surface area contributed by atoms with Crippen LogP contribution in [0.2, 0.25) is 0 Å². The number of anilines is 1. The lowest BCUT2D eigenvalue weighted by atomic mass is 10.1. The van der Waals surface area contributed by atoms with E-state index >= 15 is 0 Å². The molecule has 120 valence electrons. The van der Waals surface area contributed by atoms with Crippen LogP contribution in [0.3, 0.4) is 0 Å². The number of hydrogen-bond donors (Lipinski definition) is 2. The number of benzene rings is 1. The lowest BCUT2D eigenvalue weighted by Gasteiger charge is -2.09. The minimum absolute atomic E-state index is 0.0956. The summed E-state index contributed by atoms with van der Waals surface area (Å²) in [6, 6.07) is 7.74. The number of nitrogens with one attached hydrogen (secondary N) is 2. The molecule has 0 saturated heterocycles. The van der Waals surface area contributed by atoms with Gasteiger partial charge in [-0.15, -0.1) is 0 Å². The van der Waals surface area contributed by atoms with Crippen LogP contribution < -0.4 is 10.6 Å². The van der Waals surface area contributed by atoms with Crippen molar-refractivity contribution in [1.29, 1.82) is 0 Å². The summed E-state index contributed by atoms with van der Waals surface area (Å²) in [6.45, 7) is 2.82. The maximum atomic E-state index is 12.2. The lowest BCUT2D eigenvalue weighted by Crippen LogP contribution is -2.23. The van der Waals surface area contributed by atoms with Crippen LogP contribution in [-0.2, 0) is 24.2 Å². The molecular formula is C17H20N4O2. The van der Waals surface area contributed by atoms with E-state index in [9.17, 15) is 9.59 Å². The second-order valence-electron chi connectivity index (χ2n) is 5.61. The quantitative estimate of drug-likeness (QED) is 0.903. The van der Waals surface area contributed by atoms with Crippen LogP contribution in [0.4, 0.5) is 5.69 Å². The van der Waals surface area contributed by atoms with Gasteiger partial charge < -0.3 is 10.6 Å². The molecule has 2 N–H and O–H groups in total. The van der Waals surface area contributed by atoms with Gasteiger partial charge in [-0.25, -0.2) is 0 Å². The highest BCUT2D eigenvalue weighted by molar-refractivity contribution is 5.95. The summed E-state index contributed by atoms with van der Waals surface area (Å²) in [5.74, 6) is -0.260. The van der Waals surface area contributed by atoms with E-state index in [2.05, 4.69) is 15.7 Å². The molecule has 0 fully saturated rings. The lowest BCUT2D eigenvalue weighted by molar-refractivity contribution is -0.116. The van der Waals surface area contributed by atoms with Crippen LogP contribution in [0.1, 0.15) is 35.0 Å². The summed E-state index contributed by atoms with van der Waals surface area (Å²) in [7, 11) is 0. The largest absolute Gasteiger partial charge is 0.352 e. The van der Waals surface area contributed by atoms with Gasteiger partial charge in [-0.2, -0.15) is 5.10 Å². The van der Waals surface area contributed by atoms with Crippen LogP contribution in [-0.4, -0.2) is 28.1 Å². The van der Waals surface area contributed by atoms with Crippen molar-refractivity contribution in [3.05, 3.63) is 47.3 Å². The van der Waals surface area contributed by atoms with E-state index in [-0.39, 0.29) is 18.4 Å². The Labute approximate surface area is 134 Å². The molecule has 0 radical (unpaired) electrons. The number of aryl methyl sites for hydroxylation is 2. The van der Waals surface area contributed by atoms with Crippen LogP contribution in [0.15, 0.2) is 30.5 Å². The van der Waals surface area contributed by atoms with E-state index in [0.717, 1.165) is 36.2 Å². The molecule has 0 spiro atoms. The van der Waals surface area contributed by atoms with E-state index in [0.29, 0.717) is 12.1 Å². The first-order valence-corrected chi connectivity index (χ1v) is 7.89. The van der Waals surface area contributed by atoms with Gasteiger partial charge in [0.2, 0.25) is 5.91 Å². The second-order valence-corrected chi connectivity index (χ2v) is 5.61. The third-order valence-corrected chi connectivity index (χ3v) is 3.94. The second kappa shape index (κ2) is 6.64. The van der Waals surface area contributed by atoms with Crippen molar-refractivity contribution < 1.29 is 9.59 Å². The molecule has 1 aliphatic heterocycles. The maximum Gasteiger partial charge on any atom is 0.254 e. The molecule has 6 heteroatoms. The van der Waals surface area contributed by atoms with Crippen LogP contribution in [0, 0.1) is 0 Å². The number of hydrogen-bond acceptors (Lipinski definition) is 3. The molecule has 23 heavy (non-hydrogen) atoms. The zero-order valence-corrected chi connectivity index (χ0v) is 13.1. The molecule has 1 aromatic carbocycles. The van der Waals surface area contributed by atoms with Crippen molar-refractivity contribution in [2.45, 2.75) is 32.7 Å². The SMILES string of the molecule is CCc1ccccc1NC(=O)Cn1cc2c(n1)CCCNC2=O. The van der Waals surface area contributed by atoms with Crippen molar-refractivity contribution in [2.75, 3.05) is 11.9 Å². The topological polar surface area (TPSA) is 76.0 Å². The molecule has 0 bridgehead atoms.